The van der Waals surface area contributed by atoms with Gasteiger partial charge >= 0.3 is 0 Å². The average molecular weight is 93.1 g/mol. The summed E-state index contributed by atoms with van der Waals surface area (Å²) in [5.74, 6) is 0. The summed E-state index contributed by atoms with van der Waals surface area (Å²) in [7, 11) is -0.832. The van der Waals surface area contributed by atoms with E-state index in [9.17, 15) is 4.20 Å². The Balaban J connectivity index is 2.40. The quantitative estimate of drug-likeness (QED) is 0.358. The maximum Gasteiger partial charge on any atom is 0.180 e. The topological polar surface area (TPSA) is 0 Å². The summed E-state index contributed by atoms with van der Waals surface area (Å²) in [6, 6.07) is 0. The van der Waals surface area contributed by atoms with Crippen LogP contribution in [-0.2, 0) is 0 Å². The zero-order valence-corrected chi connectivity index (χ0v) is 4.10. The highest BCUT2D eigenvalue weighted by atomic mass is 31.1. The van der Waals surface area contributed by atoms with Crippen molar-refractivity contribution in [3.8, 4) is 0 Å². The first kappa shape index (κ1) is 5.10. The number of allylic oxidation sites excluding steroid dienone is 1. The SMILES string of the molecule is C=CC[PH2+]F. The van der Waals surface area contributed by atoms with Gasteiger partial charge in [-0.3, -0.25) is 0 Å². The van der Waals surface area contributed by atoms with E-state index in [0.717, 1.165) is 0 Å². The lowest BCUT2D eigenvalue weighted by atomic mass is 10.8. The highest BCUT2D eigenvalue weighted by Gasteiger charge is 1.75. The van der Waals surface area contributed by atoms with E-state index >= 15 is 0 Å². The first-order valence-corrected chi connectivity index (χ1v) is 2.70. The third kappa shape index (κ3) is 4.10. The van der Waals surface area contributed by atoms with Crippen LogP contribution in [-0.4, -0.2) is 6.16 Å². The number of rotatable bonds is 2. The Labute approximate surface area is 33.0 Å². The van der Waals surface area contributed by atoms with Gasteiger partial charge in [0.15, 0.2) is 8.89 Å². The Hall–Kier alpha value is 0.100. The number of halogens is 1. The van der Waals surface area contributed by atoms with Crippen LogP contribution in [0.15, 0.2) is 12.7 Å². The molecule has 0 spiro atoms. The smallest absolute Gasteiger partial charge is 0.0994 e. The van der Waals surface area contributed by atoms with Crippen molar-refractivity contribution in [2.24, 2.45) is 0 Å². The van der Waals surface area contributed by atoms with Gasteiger partial charge in [0, 0.05) is 0 Å². The van der Waals surface area contributed by atoms with Gasteiger partial charge in [-0.1, -0.05) is 16.9 Å². The van der Waals surface area contributed by atoms with Gasteiger partial charge in [0.1, 0.15) is 6.16 Å². The highest BCUT2D eigenvalue weighted by molar-refractivity contribution is 7.31. The second kappa shape index (κ2) is 4.10. The van der Waals surface area contributed by atoms with Crippen molar-refractivity contribution in [2.75, 3.05) is 6.16 Å². The van der Waals surface area contributed by atoms with Crippen LogP contribution in [0.2, 0.25) is 0 Å². The lowest BCUT2D eigenvalue weighted by Crippen LogP contribution is -1.49. The molecule has 0 bridgehead atoms. The van der Waals surface area contributed by atoms with Crippen molar-refractivity contribution in [3.63, 3.8) is 0 Å². The fourth-order valence-electron chi connectivity index (χ4n) is 0.0630. The largest absolute Gasteiger partial charge is 0.180 e. The minimum Gasteiger partial charge on any atom is -0.0994 e. The molecule has 0 aromatic rings. The Morgan fingerprint density at radius 3 is 2.60 bits per heavy atom. The van der Waals surface area contributed by atoms with E-state index in [1.54, 1.807) is 6.08 Å². The molecule has 5 heavy (non-hydrogen) atoms. The first-order valence-electron chi connectivity index (χ1n) is 1.44. The van der Waals surface area contributed by atoms with E-state index in [0.29, 0.717) is 6.16 Å². The van der Waals surface area contributed by atoms with Crippen LogP contribution in [0.25, 0.3) is 0 Å². The molecule has 0 fully saturated rings. The molecular formula is C3H7FP+. The molecule has 0 nitrogen and oxygen atoms in total. The summed E-state index contributed by atoms with van der Waals surface area (Å²) in [5.41, 5.74) is 0. The van der Waals surface area contributed by atoms with Crippen LogP contribution >= 0.6 is 8.89 Å². The van der Waals surface area contributed by atoms with E-state index in [2.05, 4.69) is 6.58 Å². The summed E-state index contributed by atoms with van der Waals surface area (Å²) in [4.78, 5) is 0. The normalized spacial score (nSPS) is 9.80. The third-order valence-corrected chi connectivity index (χ3v) is 0.767. The molecule has 0 aliphatic rings. The summed E-state index contributed by atoms with van der Waals surface area (Å²) in [5, 5.41) is 0. The number of hydrogen-bond donors (Lipinski definition) is 0. The van der Waals surface area contributed by atoms with Crippen LogP contribution in [0.5, 0.6) is 0 Å². The summed E-state index contributed by atoms with van der Waals surface area (Å²) in [6.07, 6.45) is 2.16. The van der Waals surface area contributed by atoms with Crippen molar-refractivity contribution >= 4 is 8.89 Å². The molecule has 30 valence electrons. The van der Waals surface area contributed by atoms with E-state index in [4.69, 9.17) is 0 Å². The Kier molecular flexibility index (Phi) is 4.18. The average Bonchev–Trinajstić information content (AvgIpc) is 1.41. The molecule has 0 radical (unpaired) electrons. The van der Waals surface area contributed by atoms with Gasteiger partial charge in [-0.15, -0.1) is 0 Å². The maximum atomic E-state index is 11.0. The zero-order chi connectivity index (χ0) is 4.12. The molecule has 0 N–H and O–H groups in total. The molecule has 0 heterocycles. The van der Waals surface area contributed by atoms with Gasteiger partial charge < -0.3 is 0 Å². The van der Waals surface area contributed by atoms with Gasteiger partial charge in [0.05, 0.1) is 0 Å². The monoisotopic (exact) mass is 93.0 g/mol. The molecule has 2 heteroatoms. The summed E-state index contributed by atoms with van der Waals surface area (Å²) < 4.78 is 11.0. The Morgan fingerprint density at radius 2 is 2.60 bits per heavy atom. The van der Waals surface area contributed by atoms with Gasteiger partial charge in [-0.2, -0.15) is 0 Å². The second-order valence-corrected chi connectivity index (χ2v) is 1.46. The molecule has 0 saturated carbocycles. The van der Waals surface area contributed by atoms with Gasteiger partial charge in [-0.05, 0) is 0 Å². The summed E-state index contributed by atoms with van der Waals surface area (Å²) in [6.45, 7) is 3.33. The maximum absolute atomic E-state index is 11.0. The van der Waals surface area contributed by atoms with E-state index in [-0.39, 0.29) is 0 Å². The molecule has 0 amide bonds. The summed E-state index contributed by atoms with van der Waals surface area (Å²) >= 11 is 0. The second-order valence-electron chi connectivity index (χ2n) is 0.679. The van der Waals surface area contributed by atoms with Crippen LogP contribution in [0, 0.1) is 0 Å². The van der Waals surface area contributed by atoms with Gasteiger partial charge in [0.2, 0.25) is 0 Å². The first-order chi connectivity index (χ1) is 2.41. The Bertz CT molecular complexity index is 28.1. The van der Waals surface area contributed by atoms with Crippen LogP contribution in [0.1, 0.15) is 0 Å². The Morgan fingerprint density at radius 1 is 2.00 bits per heavy atom. The lowest BCUT2D eigenvalue weighted by molar-refractivity contribution is 0.919. The molecule has 0 rings (SSSR count). The van der Waals surface area contributed by atoms with Crippen LogP contribution in [0.3, 0.4) is 0 Å². The zero-order valence-electron chi connectivity index (χ0n) is 2.95. The van der Waals surface area contributed by atoms with Crippen molar-refractivity contribution in [2.45, 2.75) is 0 Å². The fourth-order valence-corrected chi connectivity index (χ4v) is 0.189. The molecule has 0 aromatic carbocycles. The molecule has 1 atom stereocenters. The standard InChI is InChI=1S/C3H6FP/c1-2-3-5-4/h2,5H,1,3H2/p+1. The van der Waals surface area contributed by atoms with Crippen molar-refractivity contribution < 1.29 is 4.20 Å². The van der Waals surface area contributed by atoms with E-state index in [1.165, 1.54) is 0 Å². The minimum absolute atomic E-state index is 0.569. The molecule has 0 aliphatic carbocycles. The number of hydrogen-bond acceptors (Lipinski definition) is 0. The minimum atomic E-state index is -0.832. The van der Waals surface area contributed by atoms with Gasteiger partial charge in [-0.25, -0.2) is 0 Å². The predicted octanol–water partition coefficient (Wildman–Crippen LogP) is 1.47. The van der Waals surface area contributed by atoms with E-state index < -0.39 is 8.89 Å². The van der Waals surface area contributed by atoms with Crippen molar-refractivity contribution in [3.05, 3.63) is 12.7 Å². The third-order valence-electron chi connectivity index (χ3n) is 0.256. The molecule has 0 aliphatic heterocycles. The van der Waals surface area contributed by atoms with Crippen molar-refractivity contribution in [1.29, 1.82) is 0 Å². The molecular weight excluding hydrogens is 86.0 g/mol. The lowest BCUT2D eigenvalue weighted by Gasteiger charge is -1.60. The highest BCUT2D eigenvalue weighted by Crippen LogP contribution is 2.07. The van der Waals surface area contributed by atoms with Crippen LogP contribution in [0.4, 0.5) is 4.20 Å². The van der Waals surface area contributed by atoms with Crippen LogP contribution < -0.4 is 0 Å². The fraction of sp³-hybridized carbons (Fsp3) is 0.333. The predicted molar refractivity (Wildman–Crippen MR) is 25.9 cm³/mol. The van der Waals surface area contributed by atoms with Crippen molar-refractivity contribution in [1.82, 2.24) is 0 Å². The molecule has 0 saturated heterocycles. The van der Waals surface area contributed by atoms with E-state index in [1.807, 2.05) is 0 Å². The van der Waals surface area contributed by atoms with Gasteiger partial charge in [0.25, 0.3) is 0 Å². The molecule has 0 aromatic heterocycles. The molecule has 1 unspecified atom stereocenters.